The van der Waals surface area contributed by atoms with Crippen LogP contribution in [0.5, 0.6) is 11.5 Å². The second-order valence-electron chi connectivity index (χ2n) is 9.98. The maximum Gasteiger partial charge on any atom is 0.340 e. The molecule has 8 heteroatoms. The Morgan fingerprint density at radius 1 is 1.03 bits per heavy atom. The summed E-state index contributed by atoms with van der Waals surface area (Å²) >= 11 is 0. The van der Waals surface area contributed by atoms with Gasteiger partial charge in [0.25, 0.3) is 0 Å². The number of piperidine rings is 1. The average molecular weight is 493 g/mol. The van der Waals surface area contributed by atoms with Gasteiger partial charge in [-0.05, 0) is 24.3 Å². The molecule has 0 N–H and O–H groups in total. The summed E-state index contributed by atoms with van der Waals surface area (Å²) in [6.45, 7) is 3.89. The Balaban J connectivity index is 1.35. The van der Waals surface area contributed by atoms with Crippen LogP contribution in [0.25, 0.3) is 0 Å². The number of rotatable bonds is 8. The highest BCUT2D eigenvalue weighted by Crippen LogP contribution is 2.44. The number of hydrogen-bond acceptors (Lipinski definition) is 7. The van der Waals surface area contributed by atoms with Crippen molar-refractivity contribution in [1.29, 1.82) is 0 Å². The van der Waals surface area contributed by atoms with Crippen molar-refractivity contribution in [2.45, 2.75) is 38.8 Å². The second-order valence-corrected chi connectivity index (χ2v) is 9.98. The Morgan fingerprint density at radius 2 is 1.75 bits per heavy atom. The Labute approximate surface area is 211 Å². The van der Waals surface area contributed by atoms with Crippen LogP contribution in [0, 0.1) is 17.8 Å². The maximum absolute atomic E-state index is 13.4. The number of hydrogen-bond donors (Lipinski definition) is 0. The molecule has 1 saturated carbocycles. The minimum atomic E-state index is -0.577. The summed E-state index contributed by atoms with van der Waals surface area (Å²) in [7, 11) is 2.94. The van der Waals surface area contributed by atoms with E-state index in [-0.39, 0.29) is 35.4 Å². The van der Waals surface area contributed by atoms with Crippen LogP contribution in [0.4, 0.5) is 5.69 Å². The van der Waals surface area contributed by atoms with Gasteiger partial charge in [-0.1, -0.05) is 37.3 Å². The smallest absolute Gasteiger partial charge is 0.340 e. The van der Waals surface area contributed by atoms with E-state index in [9.17, 15) is 14.4 Å². The minimum Gasteiger partial charge on any atom is -0.493 e. The number of anilines is 1. The number of amides is 2. The van der Waals surface area contributed by atoms with Crippen molar-refractivity contribution in [1.82, 2.24) is 4.90 Å². The molecule has 5 rings (SSSR count). The standard InChI is InChI=1S/C28H32N2O6/c1-17-11-26(31)30(27(17)32)23-13-25(35-3)24(34-2)12-20(23)28(33)36-16-21-19-9-10-22(21)29(15-19)14-18-7-5-4-6-8-18/h4-8,12-13,17,19,21-22H,9-11,14-16H2,1-3H3. The van der Waals surface area contributed by atoms with Crippen LogP contribution in [0.15, 0.2) is 42.5 Å². The van der Waals surface area contributed by atoms with E-state index in [4.69, 9.17) is 14.2 Å². The molecule has 4 unspecified atom stereocenters. The first kappa shape index (κ1) is 24.3. The molecule has 2 heterocycles. The molecule has 2 bridgehead atoms. The molecule has 190 valence electrons. The zero-order valence-electron chi connectivity index (χ0n) is 20.9. The summed E-state index contributed by atoms with van der Waals surface area (Å²) in [5.74, 6) is -0.308. The third-order valence-electron chi connectivity index (χ3n) is 7.84. The molecule has 2 aliphatic heterocycles. The highest BCUT2D eigenvalue weighted by molar-refractivity contribution is 6.23. The van der Waals surface area contributed by atoms with E-state index >= 15 is 0 Å². The molecule has 0 spiro atoms. The largest absolute Gasteiger partial charge is 0.493 e. The fourth-order valence-electron chi connectivity index (χ4n) is 5.99. The number of carbonyl (C=O) groups is 3. The predicted molar refractivity (Wildman–Crippen MR) is 133 cm³/mol. The number of benzene rings is 2. The van der Waals surface area contributed by atoms with E-state index < -0.39 is 11.9 Å². The maximum atomic E-state index is 13.4. The highest BCUT2D eigenvalue weighted by atomic mass is 16.5. The molecule has 1 aliphatic carbocycles. The summed E-state index contributed by atoms with van der Waals surface area (Å²) in [5, 5.41) is 0. The van der Waals surface area contributed by atoms with Crippen LogP contribution < -0.4 is 14.4 Å². The van der Waals surface area contributed by atoms with Crippen LogP contribution in [0.3, 0.4) is 0 Å². The number of imide groups is 1. The first-order valence-electron chi connectivity index (χ1n) is 12.5. The monoisotopic (exact) mass is 492 g/mol. The third-order valence-corrected chi connectivity index (χ3v) is 7.84. The molecule has 4 atom stereocenters. The molecule has 0 radical (unpaired) electrons. The number of methoxy groups -OCH3 is 2. The average Bonchev–Trinajstić information content (AvgIpc) is 3.51. The van der Waals surface area contributed by atoms with Gasteiger partial charge in [-0.3, -0.25) is 14.5 Å². The lowest BCUT2D eigenvalue weighted by atomic mass is 9.99. The molecule has 2 aromatic carbocycles. The summed E-state index contributed by atoms with van der Waals surface area (Å²) < 4.78 is 16.6. The summed E-state index contributed by atoms with van der Waals surface area (Å²) in [5.41, 5.74) is 1.58. The van der Waals surface area contributed by atoms with Crippen molar-refractivity contribution < 1.29 is 28.6 Å². The lowest BCUT2D eigenvalue weighted by Gasteiger charge is -2.27. The van der Waals surface area contributed by atoms with E-state index in [1.165, 1.54) is 31.9 Å². The van der Waals surface area contributed by atoms with E-state index in [1.807, 2.05) is 6.07 Å². The lowest BCUT2D eigenvalue weighted by Crippen LogP contribution is -2.34. The molecule has 36 heavy (non-hydrogen) atoms. The lowest BCUT2D eigenvalue weighted by molar-refractivity contribution is -0.122. The van der Waals surface area contributed by atoms with E-state index in [0.717, 1.165) is 30.8 Å². The predicted octanol–water partition coefficient (Wildman–Crippen LogP) is 3.67. The number of fused-ring (bicyclic) bond motifs is 2. The van der Waals surface area contributed by atoms with Gasteiger partial charge in [0.15, 0.2) is 11.5 Å². The number of ether oxygens (including phenoxy) is 3. The molecule has 3 aliphatic rings. The van der Waals surface area contributed by atoms with Gasteiger partial charge in [-0.15, -0.1) is 0 Å². The Morgan fingerprint density at radius 3 is 2.42 bits per heavy atom. The molecule has 2 saturated heterocycles. The quantitative estimate of drug-likeness (QED) is 0.411. The fraction of sp³-hybridized carbons (Fsp3) is 0.464. The van der Waals surface area contributed by atoms with Gasteiger partial charge in [-0.25, -0.2) is 9.69 Å². The summed E-state index contributed by atoms with van der Waals surface area (Å²) in [4.78, 5) is 42.3. The van der Waals surface area contributed by atoms with Crippen LogP contribution in [0.1, 0.15) is 42.1 Å². The van der Waals surface area contributed by atoms with Crippen molar-refractivity contribution in [2.75, 3.05) is 32.3 Å². The summed E-state index contributed by atoms with van der Waals surface area (Å²) in [6.07, 6.45) is 2.33. The molecule has 3 fully saturated rings. The second kappa shape index (κ2) is 9.93. The molecular formula is C28H32N2O6. The third kappa shape index (κ3) is 4.34. The van der Waals surface area contributed by atoms with Crippen molar-refractivity contribution in [3.8, 4) is 11.5 Å². The van der Waals surface area contributed by atoms with E-state index in [2.05, 4.69) is 29.2 Å². The van der Waals surface area contributed by atoms with E-state index in [0.29, 0.717) is 30.1 Å². The van der Waals surface area contributed by atoms with Crippen molar-refractivity contribution >= 4 is 23.5 Å². The van der Waals surface area contributed by atoms with Crippen molar-refractivity contribution in [3.63, 3.8) is 0 Å². The molecule has 0 aromatic heterocycles. The van der Waals surface area contributed by atoms with Crippen molar-refractivity contribution in [2.24, 2.45) is 17.8 Å². The van der Waals surface area contributed by atoms with Crippen LogP contribution in [-0.2, 0) is 20.9 Å². The van der Waals surface area contributed by atoms with Gasteiger partial charge in [-0.2, -0.15) is 0 Å². The zero-order chi connectivity index (χ0) is 25.4. The SMILES string of the molecule is COc1cc(C(=O)OCC2C3CCC2N(Cc2ccccc2)C3)c(N2C(=O)CC(C)C2=O)cc1OC. The van der Waals surface area contributed by atoms with Gasteiger partial charge in [0, 0.05) is 49.5 Å². The Kier molecular flexibility index (Phi) is 6.71. The minimum absolute atomic E-state index is 0.102. The number of likely N-dealkylation sites (tertiary alicyclic amines) is 1. The van der Waals surface area contributed by atoms with Gasteiger partial charge >= 0.3 is 5.97 Å². The van der Waals surface area contributed by atoms with Crippen LogP contribution >= 0.6 is 0 Å². The molecular weight excluding hydrogens is 460 g/mol. The topological polar surface area (TPSA) is 85.4 Å². The normalized spacial score (nSPS) is 25.5. The zero-order valence-corrected chi connectivity index (χ0v) is 20.9. The fourth-order valence-corrected chi connectivity index (χ4v) is 5.99. The van der Waals surface area contributed by atoms with Crippen LogP contribution in [0.2, 0.25) is 0 Å². The number of nitrogens with zero attached hydrogens (tertiary/aromatic N) is 2. The number of esters is 1. The highest BCUT2D eigenvalue weighted by Gasteiger charge is 2.47. The summed E-state index contributed by atoms with van der Waals surface area (Å²) in [6, 6.07) is 13.8. The first-order chi connectivity index (χ1) is 17.4. The van der Waals surface area contributed by atoms with Gasteiger partial charge < -0.3 is 14.2 Å². The number of carbonyl (C=O) groups excluding carboxylic acids is 3. The van der Waals surface area contributed by atoms with E-state index in [1.54, 1.807) is 6.92 Å². The Hall–Kier alpha value is -3.39. The van der Waals surface area contributed by atoms with Gasteiger partial charge in [0.05, 0.1) is 32.1 Å². The van der Waals surface area contributed by atoms with Gasteiger partial charge in [0.1, 0.15) is 0 Å². The molecule has 2 amide bonds. The first-order valence-corrected chi connectivity index (χ1v) is 12.5. The molecule has 8 nitrogen and oxygen atoms in total. The molecule has 2 aromatic rings. The van der Waals surface area contributed by atoms with Gasteiger partial charge in [0.2, 0.25) is 11.8 Å². The Bertz CT molecular complexity index is 1170. The van der Waals surface area contributed by atoms with Crippen LogP contribution in [-0.4, -0.2) is 56.1 Å². The van der Waals surface area contributed by atoms with Crippen molar-refractivity contribution in [3.05, 3.63) is 53.6 Å².